The highest BCUT2D eigenvalue weighted by Crippen LogP contribution is 2.44. The van der Waals surface area contributed by atoms with Crippen molar-refractivity contribution in [2.24, 2.45) is 0 Å². The molecular weight excluding hydrogens is 330 g/mol. The number of rotatable bonds is 5. The van der Waals surface area contributed by atoms with Gasteiger partial charge in [-0.05, 0) is 51.1 Å². The molecule has 1 aliphatic heterocycles. The van der Waals surface area contributed by atoms with Gasteiger partial charge in [0.15, 0.2) is 6.10 Å². The number of hydrogen-bond acceptors (Lipinski definition) is 5. The Labute approximate surface area is 154 Å². The number of carbonyl (C=O) groups is 1. The molecule has 2 aromatic carbocycles. The molecule has 2 aromatic rings. The van der Waals surface area contributed by atoms with Gasteiger partial charge < -0.3 is 19.5 Å². The third-order valence-corrected chi connectivity index (χ3v) is 4.53. The van der Waals surface area contributed by atoms with E-state index in [9.17, 15) is 4.79 Å². The Hall–Kier alpha value is -2.53. The molecule has 0 saturated carbocycles. The van der Waals surface area contributed by atoms with Crippen LogP contribution in [0.25, 0.3) is 0 Å². The molecular formula is C21H25NO4. The smallest absolute Gasteiger partial charge is 0.338 e. The van der Waals surface area contributed by atoms with Gasteiger partial charge in [-0.3, -0.25) is 0 Å². The number of nitrogens with one attached hydrogen (secondary N) is 1. The summed E-state index contributed by atoms with van der Waals surface area (Å²) in [4.78, 5) is 12.6. The van der Waals surface area contributed by atoms with Crippen LogP contribution in [0.2, 0.25) is 0 Å². The molecule has 1 N–H and O–H groups in total. The van der Waals surface area contributed by atoms with Crippen molar-refractivity contribution in [3.63, 3.8) is 0 Å². The zero-order chi connectivity index (χ0) is 18.7. The Morgan fingerprint density at radius 3 is 2.58 bits per heavy atom. The van der Waals surface area contributed by atoms with Gasteiger partial charge in [0.2, 0.25) is 0 Å². The first-order chi connectivity index (χ1) is 12.5. The lowest BCUT2D eigenvalue weighted by molar-refractivity contribution is -0.137. The van der Waals surface area contributed by atoms with Gasteiger partial charge in [-0.1, -0.05) is 18.2 Å². The summed E-state index contributed by atoms with van der Waals surface area (Å²) in [6.07, 6.45) is -0.977. The lowest BCUT2D eigenvalue weighted by atomic mass is 9.87. The molecule has 5 nitrogen and oxygen atoms in total. The number of carbonyl (C=O) groups excluding carboxylic acids is 1. The van der Waals surface area contributed by atoms with Gasteiger partial charge in [-0.15, -0.1) is 0 Å². The summed E-state index contributed by atoms with van der Waals surface area (Å²) < 4.78 is 18.0. The fourth-order valence-corrected chi connectivity index (χ4v) is 3.21. The van der Waals surface area contributed by atoms with Crippen molar-refractivity contribution in [3.8, 4) is 5.75 Å². The van der Waals surface area contributed by atoms with E-state index < -0.39 is 17.8 Å². The van der Waals surface area contributed by atoms with Gasteiger partial charge in [0.1, 0.15) is 17.5 Å². The summed E-state index contributed by atoms with van der Waals surface area (Å²) >= 11 is 0. The van der Waals surface area contributed by atoms with Crippen molar-refractivity contribution in [3.05, 3.63) is 59.7 Å². The van der Waals surface area contributed by atoms with Gasteiger partial charge in [-0.25, -0.2) is 4.79 Å². The van der Waals surface area contributed by atoms with Crippen molar-refractivity contribution in [1.29, 1.82) is 0 Å². The summed E-state index contributed by atoms with van der Waals surface area (Å²) in [5.41, 5.74) is 1.61. The van der Waals surface area contributed by atoms with E-state index in [1.165, 1.54) is 0 Å². The number of hydrogen-bond donors (Lipinski definition) is 1. The standard InChI is InChI=1S/C21H25NO4/c1-5-24-18-16-13-15(22-4)11-12-17(16)26-21(2,3)19(18)25-20(23)14-9-7-6-8-10-14/h6-13,18-19,22H,5H2,1-4H3. The maximum absolute atomic E-state index is 12.6. The van der Waals surface area contributed by atoms with Crippen LogP contribution in [0.15, 0.2) is 48.5 Å². The highest BCUT2D eigenvalue weighted by Gasteiger charge is 2.47. The topological polar surface area (TPSA) is 56.8 Å². The number of anilines is 1. The summed E-state index contributed by atoms with van der Waals surface area (Å²) in [5.74, 6) is 0.365. The lowest BCUT2D eigenvalue weighted by Crippen LogP contribution is -2.51. The Balaban J connectivity index is 1.97. The van der Waals surface area contributed by atoms with Gasteiger partial charge in [0, 0.05) is 24.9 Å². The van der Waals surface area contributed by atoms with Crippen LogP contribution in [-0.4, -0.2) is 31.3 Å². The predicted molar refractivity (Wildman–Crippen MR) is 101 cm³/mol. The van der Waals surface area contributed by atoms with Crippen LogP contribution in [0.3, 0.4) is 0 Å². The molecule has 1 aliphatic rings. The zero-order valence-electron chi connectivity index (χ0n) is 15.6. The van der Waals surface area contributed by atoms with Crippen LogP contribution in [0.5, 0.6) is 5.75 Å². The van der Waals surface area contributed by atoms with Crippen LogP contribution in [0, 0.1) is 0 Å². The van der Waals surface area contributed by atoms with Gasteiger partial charge in [0.25, 0.3) is 0 Å². The second-order valence-electron chi connectivity index (χ2n) is 6.78. The molecule has 0 spiro atoms. The van der Waals surface area contributed by atoms with Crippen LogP contribution >= 0.6 is 0 Å². The number of ether oxygens (including phenoxy) is 3. The van der Waals surface area contributed by atoms with Crippen molar-refractivity contribution in [1.82, 2.24) is 0 Å². The summed E-state index contributed by atoms with van der Waals surface area (Å²) in [6, 6.07) is 14.8. The summed E-state index contributed by atoms with van der Waals surface area (Å²) in [6.45, 7) is 6.26. The maximum atomic E-state index is 12.6. The highest BCUT2D eigenvalue weighted by molar-refractivity contribution is 5.89. The SMILES string of the molecule is CCOC1c2cc(NC)ccc2OC(C)(C)C1OC(=O)c1ccccc1. The van der Waals surface area contributed by atoms with E-state index in [-0.39, 0.29) is 5.97 Å². The number of benzene rings is 2. The maximum Gasteiger partial charge on any atom is 0.338 e. The Bertz CT molecular complexity index is 773. The van der Waals surface area contributed by atoms with Crippen molar-refractivity contribution in [2.45, 2.75) is 38.6 Å². The van der Waals surface area contributed by atoms with Gasteiger partial charge in [0.05, 0.1) is 5.56 Å². The van der Waals surface area contributed by atoms with Gasteiger partial charge in [-0.2, -0.15) is 0 Å². The van der Waals surface area contributed by atoms with E-state index in [1.54, 1.807) is 12.1 Å². The average Bonchev–Trinajstić information content (AvgIpc) is 2.64. The van der Waals surface area contributed by atoms with Crippen LogP contribution in [0.4, 0.5) is 5.69 Å². The average molecular weight is 355 g/mol. The Morgan fingerprint density at radius 2 is 1.92 bits per heavy atom. The second-order valence-corrected chi connectivity index (χ2v) is 6.78. The Kier molecular flexibility index (Phi) is 5.18. The van der Waals surface area contributed by atoms with Crippen molar-refractivity contribution in [2.75, 3.05) is 19.0 Å². The van der Waals surface area contributed by atoms with Crippen LogP contribution in [-0.2, 0) is 9.47 Å². The van der Waals surface area contributed by atoms with E-state index in [2.05, 4.69) is 5.32 Å². The minimum atomic E-state index is -0.724. The fourth-order valence-electron chi connectivity index (χ4n) is 3.21. The third-order valence-electron chi connectivity index (χ3n) is 4.53. The molecule has 138 valence electrons. The molecule has 5 heteroatoms. The lowest BCUT2D eigenvalue weighted by Gasteiger charge is -2.43. The Morgan fingerprint density at radius 1 is 1.19 bits per heavy atom. The first-order valence-corrected chi connectivity index (χ1v) is 8.84. The molecule has 2 unspecified atom stereocenters. The molecule has 0 radical (unpaired) electrons. The minimum Gasteiger partial charge on any atom is -0.483 e. The van der Waals surface area contributed by atoms with E-state index >= 15 is 0 Å². The largest absolute Gasteiger partial charge is 0.483 e. The van der Waals surface area contributed by atoms with Crippen LogP contribution < -0.4 is 10.1 Å². The van der Waals surface area contributed by atoms with E-state index in [1.807, 2.05) is 64.2 Å². The second kappa shape index (κ2) is 7.38. The molecule has 2 atom stereocenters. The van der Waals surface area contributed by atoms with Crippen molar-refractivity contribution < 1.29 is 19.0 Å². The normalized spacial score (nSPS) is 20.6. The molecule has 3 rings (SSSR count). The molecule has 26 heavy (non-hydrogen) atoms. The highest BCUT2D eigenvalue weighted by atomic mass is 16.6. The van der Waals surface area contributed by atoms with Crippen LogP contribution in [0.1, 0.15) is 42.8 Å². The summed E-state index contributed by atoms with van der Waals surface area (Å²) in [5, 5.41) is 3.12. The molecule has 0 amide bonds. The fraction of sp³-hybridized carbons (Fsp3) is 0.381. The van der Waals surface area contributed by atoms with E-state index in [4.69, 9.17) is 14.2 Å². The minimum absolute atomic E-state index is 0.384. The molecule has 0 fully saturated rings. The van der Waals surface area contributed by atoms with Crippen molar-refractivity contribution >= 4 is 11.7 Å². The number of fused-ring (bicyclic) bond motifs is 1. The third kappa shape index (κ3) is 3.53. The number of esters is 1. The van der Waals surface area contributed by atoms with Gasteiger partial charge >= 0.3 is 5.97 Å². The van der Waals surface area contributed by atoms with E-state index in [0.29, 0.717) is 12.2 Å². The first kappa shape index (κ1) is 18.3. The zero-order valence-corrected chi connectivity index (χ0v) is 15.6. The van der Waals surface area contributed by atoms with E-state index in [0.717, 1.165) is 17.0 Å². The quantitative estimate of drug-likeness (QED) is 0.815. The molecule has 0 bridgehead atoms. The molecule has 0 saturated heterocycles. The predicted octanol–water partition coefficient (Wildman–Crippen LogP) is 4.20. The molecule has 0 aromatic heterocycles. The summed E-state index contributed by atoms with van der Waals surface area (Å²) in [7, 11) is 1.86. The monoisotopic (exact) mass is 355 g/mol. The first-order valence-electron chi connectivity index (χ1n) is 8.84. The molecule has 0 aliphatic carbocycles. The molecule has 1 heterocycles.